The van der Waals surface area contributed by atoms with Gasteiger partial charge in [-0.2, -0.15) is 0 Å². The maximum Gasteiger partial charge on any atom is 0.233 e. The molecule has 1 unspecified atom stereocenters. The fourth-order valence-electron chi connectivity index (χ4n) is 1.44. The number of amides is 1. The van der Waals surface area contributed by atoms with Gasteiger partial charge in [-0.3, -0.25) is 4.79 Å². The van der Waals surface area contributed by atoms with E-state index in [2.05, 4.69) is 24.5 Å². The van der Waals surface area contributed by atoms with Gasteiger partial charge in [0, 0.05) is 19.2 Å². The van der Waals surface area contributed by atoms with E-state index < -0.39 is 0 Å². The number of ether oxygens (including phenoxy) is 1. The first-order valence-electron chi connectivity index (χ1n) is 6.82. The van der Waals surface area contributed by atoms with E-state index in [4.69, 9.17) is 9.15 Å². The quantitative estimate of drug-likeness (QED) is 0.634. The maximum absolute atomic E-state index is 11.5. The minimum absolute atomic E-state index is 0.0336. The van der Waals surface area contributed by atoms with Crippen LogP contribution in [0.15, 0.2) is 22.8 Å². The Bertz CT molecular complexity index is 338. The summed E-state index contributed by atoms with van der Waals surface area (Å²) in [7, 11) is 0. The Morgan fingerprint density at radius 3 is 3.05 bits per heavy atom. The van der Waals surface area contributed by atoms with Crippen LogP contribution in [0.1, 0.15) is 32.4 Å². The standard InChI is InChI=1S/C14H24N2O3/c1-3-12(2)16-10-14(17)15-7-5-8-18-11-13-6-4-9-19-13/h4,6,9,12,16H,3,5,7-8,10-11H2,1-2H3,(H,15,17). The van der Waals surface area contributed by atoms with Crippen LogP contribution in [-0.2, 0) is 16.1 Å². The van der Waals surface area contributed by atoms with Gasteiger partial charge in [-0.25, -0.2) is 0 Å². The van der Waals surface area contributed by atoms with Gasteiger partial charge in [-0.05, 0) is 31.9 Å². The summed E-state index contributed by atoms with van der Waals surface area (Å²) in [5.41, 5.74) is 0. The molecule has 0 bridgehead atoms. The second-order valence-electron chi connectivity index (χ2n) is 4.53. The molecule has 0 aromatic carbocycles. The Morgan fingerprint density at radius 1 is 1.53 bits per heavy atom. The van der Waals surface area contributed by atoms with Gasteiger partial charge >= 0.3 is 0 Å². The van der Waals surface area contributed by atoms with E-state index in [1.54, 1.807) is 6.26 Å². The van der Waals surface area contributed by atoms with E-state index in [1.807, 2.05) is 12.1 Å². The topological polar surface area (TPSA) is 63.5 Å². The van der Waals surface area contributed by atoms with Gasteiger partial charge in [0.25, 0.3) is 0 Å². The lowest BCUT2D eigenvalue weighted by Gasteiger charge is -2.11. The van der Waals surface area contributed by atoms with Crippen LogP contribution in [0, 0.1) is 0 Å². The molecular formula is C14H24N2O3. The van der Waals surface area contributed by atoms with Gasteiger partial charge in [0.2, 0.25) is 5.91 Å². The molecule has 5 heteroatoms. The number of nitrogens with one attached hydrogen (secondary N) is 2. The van der Waals surface area contributed by atoms with Crippen molar-refractivity contribution in [2.24, 2.45) is 0 Å². The highest BCUT2D eigenvalue weighted by Gasteiger charge is 2.03. The van der Waals surface area contributed by atoms with Crippen molar-refractivity contribution in [3.8, 4) is 0 Å². The van der Waals surface area contributed by atoms with Crippen molar-refractivity contribution < 1.29 is 13.9 Å². The molecule has 0 radical (unpaired) electrons. The molecular weight excluding hydrogens is 244 g/mol. The fraction of sp³-hybridized carbons (Fsp3) is 0.643. The lowest BCUT2D eigenvalue weighted by Crippen LogP contribution is -2.38. The predicted molar refractivity (Wildman–Crippen MR) is 73.7 cm³/mol. The fourth-order valence-corrected chi connectivity index (χ4v) is 1.44. The first-order chi connectivity index (χ1) is 9.22. The number of hydrogen-bond donors (Lipinski definition) is 2. The number of carbonyl (C=O) groups is 1. The molecule has 0 saturated carbocycles. The first kappa shape index (κ1) is 15.7. The molecule has 0 aliphatic rings. The highest BCUT2D eigenvalue weighted by molar-refractivity contribution is 5.77. The molecule has 5 nitrogen and oxygen atoms in total. The summed E-state index contributed by atoms with van der Waals surface area (Å²) in [5.74, 6) is 0.855. The normalized spacial score (nSPS) is 12.3. The van der Waals surface area contributed by atoms with Crippen LogP contribution >= 0.6 is 0 Å². The van der Waals surface area contributed by atoms with Crippen molar-refractivity contribution in [3.63, 3.8) is 0 Å². The molecule has 1 aromatic heterocycles. The average molecular weight is 268 g/mol. The van der Waals surface area contributed by atoms with Crippen molar-refractivity contribution in [2.75, 3.05) is 19.7 Å². The Balaban J connectivity index is 1.91. The molecule has 0 fully saturated rings. The second kappa shape index (κ2) is 9.58. The molecule has 108 valence electrons. The summed E-state index contributed by atoms with van der Waals surface area (Å²) >= 11 is 0. The predicted octanol–water partition coefficient (Wildman–Crippen LogP) is 1.69. The van der Waals surface area contributed by atoms with Crippen molar-refractivity contribution in [1.29, 1.82) is 0 Å². The third-order valence-electron chi connectivity index (χ3n) is 2.84. The minimum Gasteiger partial charge on any atom is -0.467 e. The van der Waals surface area contributed by atoms with E-state index in [1.165, 1.54) is 0 Å². The van der Waals surface area contributed by atoms with E-state index in [-0.39, 0.29) is 5.91 Å². The van der Waals surface area contributed by atoms with Gasteiger partial charge in [-0.15, -0.1) is 0 Å². The van der Waals surface area contributed by atoms with Gasteiger partial charge in [0.15, 0.2) is 0 Å². The SMILES string of the molecule is CCC(C)NCC(=O)NCCCOCc1ccco1. The molecule has 1 heterocycles. The van der Waals surface area contributed by atoms with Gasteiger partial charge < -0.3 is 19.8 Å². The van der Waals surface area contributed by atoms with Crippen LogP contribution in [0.5, 0.6) is 0 Å². The number of hydrogen-bond acceptors (Lipinski definition) is 4. The largest absolute Gasteiger partial charge is 0.467 e. The number of rotatable bonds is 10. The smallest absolute Gasteiger partial charge is 0.233 e. The summed E-state index contributed by atoms with van der Waals surface area (Å²) in [6.07, 6.45) is 3.45. The number of furan rings is 1. The third kappa shape index (κ3) is 7.64. The van der Waals surface area contributed by atoms with Gasteiger partial charge in [0.1, 0.15) is 12.4 Å². The first-order valence-corrected chi connectivity index (χ1v) is 6.82. The van der Waals surface area contributed by atoms with Crippen LogP contribution in [0.4, 0.5) is 0 Å². The molecule has 19 heavy (non-hydrogen) atoms. The monoisotopic (exact) mass is 268 g/mol. The average Bonchev–Trinajstić information content (AvgIpc) is 2.93. The van der Waals surface area contributed by atoms with Crippen LogP contribution in [0.2, 0.25) is 0 Å². The summed E-state index contributed by atoms with van der Waals surface area (Å²) in [5, 5.41) is 6.00. The molecule has 1 amide bonds. The Labute approximate surface area is 114 Å². The lowest BCUT2D eigenvalue weighted by molar-refractivity contribution is -0.120. The van der Waals surface area contributed by atoms with Crippen molar-refractivity contribution >= 4 is 5.91 Å². The molecule has 1 rings (SSSR count). The second-order valence-corrected chi connectivity index (χ2v) is 4.53. The van der Waals surface area contributed by atoms with E-state index in [0.29, 0.717) is 32.3 Å². The molecule has 0 spiro atoms. The summed E-state index contributed by atoms with van der Waals surface area (Å²) in [6.45, 7) is 6.26. The van der Waals surface area contributed by atoms with Gasteiger partial charge in [-0.1, -0.05) is 6.92 Å². The van der Waals surface area contributed by atoms with Crippen LogP contribution < -0.4 is 10.6 Å². The Morgan fingerprint density at radius 2 is 2.37 bits per heavy atom. The Hall–Kier alpha value is -1.33. The molecule has 1 aromatic rings. The van der Waals surface area contributed by atoms with E-state index in [9.17, 15) is 4.79 Å². The molecule has 0 aliphatic carbocycles. The molecule has 1 atom stereocenters. The maximum atomic E-state index is 11.5. The Kier molecular flexibility index (Phi) is 7.93. The molecule has 0 saturated heterocycles. The minimum atomic E-state index is 0.0336. The highest BCUT2D eigenvalue weighted by Crippen LogP contribution is 2.01. The highest BCUT2D eigenvalue weighted by atomic mass is 16.5. The van der Waals surface area contributed by atoms with Gasteiger partial charge in [0.05, 0.1) is 12.8 Å². The summed E-state index contributed by atoms with van der Waals surface area (Å²) in [4.78, 5) is 11.5. The van der Waals surface area contributed by atoms with Crippen LogP contribution in [-0.4, -0.2) is 31.6 Å². The zero-order valence-electron chi connectivity index (χ0n) is 11.8. The van der Waals surface area contributed by atoms with E-state index in [0.717, 1.165) is 18.6 Å². The summed E-state index contributed by atoms with van der Waals surface area (Å²) in [6, 6.07) is 4.09. The van der Waals surface area contributed by atoms with Crippen molar-refractivity contribution in [3.05, 3.63) is 24.2 Å². The van der Waals surface area contributed by atoms with Crippen LogP contribution in [0.25, 0.3) is 0 Å². The molecule has 2 N–H and O–H groups in total. The van der Waals surface area contributed by atoms with Crippen LogP contribution in [0.3, 0.4) is 0 Å². The third-order valence-corrected chi connectivity index (χ3v) is 2.84. The zero-order valence-corrected chi connectivity index (χ0v) is 11.8. The molecule has 0 aliphatic heterocycles. The number of carbonyl (C=O) groups excluding carboxylic acids is 1. The van der Waals surface area contributed by atoms with Crippen molar-refractivity contribution in [1.82, 2.24) is 10.6 Å². The lowest BCUT2D eigenvalue weighted by atomic mass is 10.2. The van der Waals surface area contributed by atoms with Crippen molar-refractivity contribution in [2.45, 2.75) is 39.3 Å². The van der Waals surface area contributed by atoms with E-state index >= 15 is 0 Å². The summed E-state index contributed by atoms with van der Waals surface area (Å²) < 4.78 is 10.6. The zero-order chi connectivity index (χ0) is 13.9.